The number of aliphatic hydroxyl groups excluding tert-OH is 1. The number of thioether (sulfide) groups is 1. The van der Waals surface area contributed by atoms with Gasteiger partial charge in [0.2, 0.25) is 5.91 Å². The Hall–Kier alpha value is -1.07. The number of benzene rings is 1. The van der Waals surface area contributed by atoms with Crippen LogP contribution >= 0.6 is 11.8 Å². The van der Waals surface area contributed by atoms with Crippen molar-refractivity contribution < 1.29 is 14.3 Å². The van der Waals surface area contributed by atoms with E-state index in [-0.39, 0.29) is 24.4 Å². The van der Waals surface area contributed by atoms with E-state index in [9.17, 15) is 9.18 Å². The molecule has 0 heterocycles. The van der Waals surface area contributed by atoms with Gasteiger partial charge in [0.1, 0.15) is 5.82 Å². The Balaban J connectivity index is 1.89. The molecule has 0 atom stereocenters. The number of hydrogen-bond acceptors (Lipinski definition) is 3. The number of aliphatic hydroxyl groups is 1. The van der Waals surface area contributed by atoms with Crippen molar-refractivity contribution in [3.63, 3.8) is 0 Å². The minimum atomic E-state index is -0.270. The third kappa shape index (κ3) is 4.21. The molecule has 0 saturated heterocycles. The lowest BCUT2D eigenvalue weighted by molar-refractivity contribution is -0.131. The second-order valence-corrected chi connectivity index (χ2v) is 6.04. The lowest BCUT2D eigenvalue weighted by Gasteiger charge is -2.28. The van der Waals surface area contributed by atoms with Gasteiger partial charge in [0.05, 0.1) is 12.4 Å². The van der Waals surface area contributed by atoms with Gasteiger partial charge in [0.25, 0.3) is 0 Å². The van der Waals surface area contributed by atoms with Crippen molar-refractivity contribution in [3.05, 3.63) is 30.1 Å². The van der Waals surface area contributed by atoms with Crippen molar-refractivity contribution >= 4 is 17.7 Å². The molecule has 2 rings (SSSR count). The Morgan fingerprint density at radius 2 is 1.95 bits per heavy atom. The molecule has 1 N–H and O–H groups in total. The minimum Gasteiger partial charge on any atom is -0.395 e. The first kappa shape index (κ1) is 15.3. The molecule has 20 heavy (non-hydrogen) atoms. The van der Waals surface area contributed by atoms with Crippen LogP contribution < -0.4 is 0 Å². The summed E-state index contributed by atoms with van der Waals surface area (Å²) in [6.07, 6.45) is 4.38. The van der Waals surface area contributed by atoms with Crippen LogP contribution in [0, 0.1) is 5.82 Å². The van der Waals surface area contributed by atoms with Gasteiger partial charge in [-0.3, -0.25) is 4.79 Å². The summed E-state index contributed by atoms with van der Waals surface area (Å²) in [4.78, 5) is 15.0. The van der Waals surface area contributed by atoms with E-state index < -0.39 is 0 Å². The fourth-order valence-electron chi connectivity index (χ4n) is 2.59. The molecule has 3 nitrogen and oxygen atoms in total. The number of carbonyl (C=O) groups is 1. The predicted octanol–water partition coefficient (Wildman–Crippen LogP) is 2.68. The van der Waals surface area contributed by atoms with Crippen LogP contribution in [0.15, 0.2) is 29.2 Å². The summed E-state index contributed by atoms with van der Waals surface area (Å²) in [5.41, 5.74) is 0. The van der Waals surface area contributed by atoms with Crippen molar-refractivity contribution in [2.24, 2.45) is 0 Å². The van der Waals surface area contributed by atoms with Gasteiger partial charge >= 0.3 is 0 Å². The zero-order valence-electron chi connectivity index (χ0n) is 11.4. The molecule has 0 aliphatic heterocycles. The van der Waals surface area contributed by atoms with Crippen LogP contribution in [0.25, 0.3) is 0 Å². The summed E-state index contributed by atoms with van der Waals surface area (Å²) < 4.78 is 12.8. The average Bonchev–Trinajstić information content (AvgIpc) is 2.97. The monoisotopic (exact) mass is 297 g/mol. The van der Waals surface area contributed by atoms with Crippen LogP contribution in [-0.2, 0) is 4.79 Å². The molecule has 0 aromatic heterocycles. The van der Waals surface area contributed by atoms with Gasteiger partial charge < -0.3 is 10.0 Å². The fraction of sp³-hybridized carbons (Fsp3) is 0.533. The molecular formula is C15H20FNO2S. The number of halogens is 1. The lowest BCUT2D eigenvalue weighted by Crippen LogP contribution is -2.41. The summed E-state index contributed by atoms with van der Waals surface area (Å²) >= 11 is 1.41. The molecule has 1 amide bonds. The molecule has 0 radical (unpaired) electrons. The summed E-state index contributed by atoms with van der Waals surface area (Å²) in [5, 5.41) is 9.12. The third-order valence-corrected chi connectivity index (χ3v) is 4.60. The molecule has 0 unspecified atom stereocenters. The summed E-state index contributed by atoms with van der Waals surface area (Å²) in [6, 6.07) is 6.44. The van der Waals surface area contributed by atoms with Crippen molar-refractivity contribution in [2.75, 3.05) is 18.9 Å². The maximum Gasteiger partial charge on any atom is 0.233 e. The Bertz CT molecular complexity index is 432. The maximum atomic E-state index is 12.8. The highest BCUT2D eigenvalue weighted by molar-refractivity contribution is 8.00. The molecule has 1 aliphatic carbocycles. The van der Waals surface area contributed by atoms with E-state index in [0.29, 0.717) is 12.3 Å². The average molecular weight is 297 g/mol. The molecule has 1 aromatic carbocycles. The van der Waals surface area contributed by atoms with E-state index in [0.717, 1.165) is 30.6 Å². The van der Waals surface area contributed by atoms with Gasteiger partial charge in [0.15, 0.2) is 0 Å². The Morgan fingerprint density at radius 1 is 1.30 bits per heavy atom. The normalized spacial score (nSPS) is 15.5. The SMILES string of the molecule is O=C(CSc1ccc(F)cc1)N(CCO)C1CCCC1. The summed E-state index contributed by atoms with van der Waals surface area (Å²) in [6.45, 7) is 0.414. The number of carbonyl (C=O) groups excluding carboxylic acids is 1. The van der Waals surface area contributed by atoms with Crippen LogP contribution in [-0.4, -0.2) is 40.9 Å². The van der Waals surface area contributed by atoms with Crippen LogP contribution in [0.1, 0.15) is 25.7 Å². The van der Waals surface area contributed by atoms with Crippen LogP contribution in [0.4, 0.5) is 4.39 Å². The zero-order chi connectivity index (χ0) is 14.4. The van der Waals surface area contributed by atoms with Crippen LogP contribution in [0.3, 0.4) is 0 Å². The van der Waals surface area contributed by atoms with Crippen molar-refractivity contribution in [2.45, 2.75) is 36.6 Å². The predicted molar refractivity (Wildman–Crippen MR) is 78.2 cm³/mol. The van der Waals surface area contributed by atoms with E-state index in [1.807, 2.05) is 4.90 Å². The quantitative estimate of drug-likeness (QED) is 0.821. The highest BCUT2D eigenvalue weighted by Gasteiger charge is 2.25. The molecule has 0 spiro atoms. The van der Waals surface area contributed by atoms with Crippen molar-refractivity contribution in [1.82, 2.24) is 4.90 Å². The molecule has 110 valence electrons. The summed E-state index contributed by atoms with van der Waals surface area (Å²) in [7, 11) is 0. The number of hydrogen-bond donors (Lipinski definition) is 1. The number of rotatable bonds is 6. The zero-order valence-corrected chi connectivity index (χ0v) is 12.2. The standard InChI is InChI=1S/C15H20FNO2S/c16-12-5-7-14(8-6-12)20-11-15(19)17(9-10-18)13-3-1-2-4-13/h5-8,13,18H,1-4,9-11H2. The summed E-state index contributed by atoms with van der Waals surface area (Å²) in [5.74, 6) is 0.121. The highest BCUT2D eigenvalue weighted by atomic mass is 32.2. The first-order valence-corrected chi connectivity index (χ1v) is 7.98. The molecule has 1 saturated carbocycles. The molecule has 1 aromatic rings. The molecule has 1 fully saturated rings. The Kier molecular flexibility index (Phi) is 5.86. The topological polar surface area (TPSA) is 40.5 Å². The highest BCUT2D eigenvalue weighted by Crippen LogP contribution is 2.25. The van der Waals surface area contributed by atoms with E-state index in [4.69, 9.17) is 5.11 Å². The van der Waals surface area contributed by atoms with E-state index in [2.05, 4.69) is 0 Å². The van der Waals surface area contributed by atoms with E-state index >= 15 is 0 Å². The fourth-order valence-corrected chi connectivity index (χ4v) is 3.38. The van der Waals surface area contributed by atoms with Gasteiger partial charge in [-0.2, -0.15) is 0 Å². The van der Waals surface area contributed by atoms with Gasteiger partial charge in [-0.15, -0.1) is 11.8 Å². The first-order valence-electron chi connectivity index (χ1n) is 6.99. The van der Waals surface area contributed by atoms with Crippen molar-refractivity contribution in [3.8, 4) is 0 Å². The second kappa shape index (κ2) is 7.64. The Morgan fingerprint density at radius 3 is 2.55 bits per heavy atom. The molecule has 0 bridgehead atoms. The molecule has 5 heteroatoms. The van der Waals surface area contributed by atoms with Gasteiger partial charge in [-0.25, -0.2) is 4.39 Å². The van der Waals surface area contributed by atoms with Gasteiger partial charge in [0, 0.05) is 17.5 Å². The van der Waals surface area contributed by atoms with E-state index in [1.165, 1.54) is 23.9 Å². The van der Waals surface area contributed by atoms with Crippen LogP contribution in [0.5, 0.6) is 0 Å². The number of nitrogens with zero attached hydrogens (tertiary/aromatic N) is 1. The number of amides is 1. The molecular weight excluding hydrogens is 277 g/mol. The van der Waals surface area contributed by atoms with Crippen molar-refractivity contribution in [1.29, 1.82) is 0 Å². The lowest BCUT2D eigenvalue weighted by atomic mass is 10.2. The smallest absolute Gasteiger partial charge is 0.233 e. The largest absolute Gasteiger partial charge is 0.395 e. The van der Waals surface area contributed by atoms with Crippen LogP contribution in [0.2, 0.25) is 0 Å². The minimum absolute atomic E-state index is 0.00343. The van der Waals surface area contributed by atoms with E-state index in [1.54, 1.807) is 12.1 Å². The first-order chi connectivity index (χ1) is 9.70. The van der Waals surface area contributed by atoms with Gasteiger partial charge in [-0.05, 0) is 37.1 Å². The molecule has 1 aliphatic rings. The maximum absolute atomic E-state index is 12.8. The third-order valence-electron chi connectivity index (χ3n) is 3.60. The van der Waals surface area contributed by atoms with Gasteiger partial charge in [-0.1, -0.05) is 12.8 Å². The Labute approximate surface area is 123 Å². The second-order valence-electron chi connectivity index (χ2n) is 4.99.